The van der Waals surface area contributed by atoms with Crippen LogP contribution in [0, 0.1) is 5.82 Å². The molecular weight excluding hydrogens is 535 g/mol. The second kappa shape index (κ2) is 12.2. The smallest absolute Gasteiger partial charge is 0.124 e. The molecule has 0 aliphatic heterocycles. The number of rotatable bonds is 5. The highest BCUT2D eigenvalue weighted by molar-refractivity contribution is 9.13. The van der Waals surface area contributed by atoms with Crippen LogP contribution in [0.4, 0.5) is 4.39 Å². The molecule has 2 aromatic rings. The number of hydrogen-bond donors (Lipinski definition) is 0. The third-order valence-corrected chi connectivity index (χ3v) is 5.58. The lowest BCUT2D eigenvalue weighted by Crippen LogP contribution is -1.97. The van der Waals surface area contributed by atoms with Crippen molar-refractivity contribution in [3.05, 3.63) is 66.8 Å². The van der Waals surface area contributed by atoms with Crippen molar-refractivity contribution in [2.24, 2.45) is 10.3 Å². The molecule has 0 aromatic heterocycles. The largest absolute Gasteiger partial charge is 0.399 e. The molecule has 0 atom stereocenters. The first-order chi connectivity index (χ1) is 12.4. The van der Waals surface area contributed by atoms with Gasteiger partial charge in [-0.1, -0.05) is 32.3 Å². The summed E-state index contributed by atoms with van der Waals surface area (Å²) >= 11 is 10.1. The molecule has 0 heterocycles. The van der Waals surface area contributed by atoms with Gasteiger partial charge in [-0.15, -0.1) is 0 Å². The van der Waals surface area contributed by atoms with Gasteiger partial charge in [0.25, 0.3) is 0 Å². The first kappa shape index (κ1) is 22.8. The zero-order valence-corrected chi connectivity index (χ0v) is 19.2. The van der Waals surface area contributed by atoms with Crippen LogP contribution in [-0.4, -0.2) is 26.1 Å². The third-order valence-electron chi connectivity index (χ3n) is 3.04. The molecule has 0 spiro atoms. The van der Waals surface area contributed by atoms with Crippen molar-refractivity contribution >= 4 is 59.7 Å². The van der Waals surface area contributed by atoms with E-state index >= 15 is 0 Å². The van der Waals surface area contributed by atoms with E-state index in [-0.39, 0.29) is 5.82 Å². The van der Waals surface area contributed by atoms with Gasteiger partial charge in [0.15, 0.2) is 0 Å². The average molecular weight is 553 g/mol. The maximum Gasteiger partial charge on any atom is 0.124 e. The Morgan fingerprint density at radius 2 is 1.73 bits per heavy atom. The minimum absolute atomic E-state index is 0.277. The van der Waals surface area contributed by atoms with Crippen LogP contribution in [0.15, 0.2) is 60.1 Å². The molecule has 0 saturated carbocycles. The van der Waals surface area contributed by atoms with Gasteiger partial charge in [-0.25, -0.2) is 4.39 Å². The molecule has 0 radical (unpaired) electrons. The van der Waals surface area contributed by atoms with E-state index < -0.39 is 0 Å². The number of halogens is 4. The van der Waals surface area contributed by atoms with Gasteiger partial charge in [0.05, 0.1) is 5.71 Å². The summed E-state index contributed by atoms with van der Waals surface area (Å²) in [6.45, 7) is 1.79. The molecule has 8 heteroatoms. The van der Waals surface area contributed by atoms with Crippen molar-refractivity contribution in [2.45, 2.75) is 13.3 Å². The molecule has 2 rings (SSSR count). The van der Waals surface area contributed by atoms with Gasteiger partial charge >= 0.3 is 0 Å². The second-order valence-corrected chi connectivity index (χ2v) is 7.47. The molecular formula is C18H18Br3FN2O2. The Balaban J connectivity index is 0.000000260. The van der Waals surface area contributed by atoms with Crippen LogP contribution >= 0.6 is 47.8 Å². The summed E-state index contributed by atoms with van der Waals surface area (Å²) in [5.41, 5.74) is 2.72. The summed E-state index contributed by atoms with van der Waals surface area (Å²) in [6, 6.07) is 10.5. The standard InChI is InChI=1S/C9H9Br2NO.C9H9BrFNO/c1-13-12-5-4-7-2-3-8(10)9(11)6-7;1-6(12-13-2)8-4-3-7(11)5-9(8)10/h2-3,5-6H,4H2,1H3;3-5H,1-2H3. The van der Waals surface area contributed by atoms with E-state index in [1.165, 1.54) is 31.9 Å². The fourth-order valence-corrected chi connectivity index (χ4v) is 3.16. The Morgan fingerprint density at radius 3 is 2.31 bits per heavy atom. The van der Waals surface area contributed by atoms with Crippen LogP contribution in [0.3, 0.4) is 0 Å². The minimum atomic E-state index is -0.277. The lowest BCUT2D eigenvalue weighted by molar-refractivity contribution is 0.213. The first-order valence-electron chi connectivity index (χ1n) is 7.41. The molecule has 26 heavy (non-hydrogen) atoms. The summed E-state index contributed by atoms with van der Waals surface area (Å²) < 4.78 is 15.5. The monoisotopic (exact) mass is 550 g/mol. The van der Waals surface area contributed by atoms with E-state index in [1.807, 2.05) is 18.2 Å². The predicted molar refractivity (Wildman–Crippen MR) is 114 cm³/mol. The Kier molecular flexibility index (Phi) is 10.7. The number of oxime groups is 2. The molecule has 0 saturated heterocycles. The zero-order chi connectivity index (χ0) is 19.5. The van der Waals surface area contributed by atoms with Gasteiger partial charge in [-0.3, -0.25) is 0 Å². The van der Waals surface area contributed by atoms with Gasteiger partial charge in [0, 0.05) is 31.6 Å². The Bertz CT molecular complexity index is 783. The first-order valence-corrected chi connectivity index (χ1v) is 9.79. The van der Waals surface area contributed by atoms with E-state index in [0.717, 1.165) is 20.9 Å². The predicted octanol–water partition coefficient (Wildman–Crippen LogP) is 6.34. The minimum Gasteiger partial charge on any atom is -0.399 e. The van der Waals surface area contributed by atoms with Crippen LogP contribution < -0.4 is 0 Å². The summed E-state index contributed by atoms with van der Waals surface area (Å²) in [5, 5.41) is 7.42. The highest BCUT2D eigenvalue weighted by Gasteiger charge is 2.04. The average Bonchev–Trinajstić information content (AvgIpc) is 2.59. The van der Waals surface area contributed by atoms with Gasteiger partial charge < -0.3 is 9.68 Å². The van der Waals surface area contributed by atoms with E-state index in [9.17, 15) is 4.39 Å². The highest BCUT2D eigenvalue weighted by Crippen LogP contribution is 2.23. The molecule has 0 aliphatic carbocycles. The highest BCUT2D eigenvalue weighted by atomic mass is 79.9. The van der Waals surface area contributed by atoms with E-state index in [0.29, 0.717) is 10.2 Å². The molecule has 0 amide bonds. The molecule has 0 N–H and O–H groups in total. The van der Waals surface area contributed by atoms with E-state index in [2.05, 4.69) is 67.8 Å². The second-order valence-electron chi connectivity index (χ2n) is 4.91. The van der Waals surface area contributed by atoms with Crippen LogP contribution in [0.1, 0.15) is 18.1 Å². The lowest BCUT2D eigenvalue weighted by Gasteiger charge is -2.02. The quantitative estimate of drug-likeness (QED) is 0.321. The fourth-order valence-electron chi connectivity index (χ4n) is 1.85. The Labute approximate surface area is 177 Å². The normalized spacial score (nSPS) is 11.1. The number of nitrogens with zero attached hydrogens (tertiary/aromatic N) is 2. The molecule has 0 bridgehead atoms. The van der Waals surface area contributed by atoms with Crippen LogP contribution in [-0.2, 0) is 16.1 Å². The molecule has 2 aromatic carbocycles. The Hall–Kier alpha value is -1.25. The van der Waals surface area contributed by atoms with E-state index in [1.54, 1.807) is 19.2 Å². The number of benzene rings is 2. The van der Waals surface area contributed by atoms with Gasteiger partial charge in [-0.2, -0.15) is 0 Å². The maximum atomic E-state index is 12.7. The summed E-state index contributed by atoms with van der Waals surface area (Å²) in [6.07, 6.45) is 2.51. The molecule has 0 aliphatic rings. The van der Waals surface area contributed by atoms with Crippen molar-refractivity contribution in [2.75, 3.05) is 14.2 Å². The molecule has 0 fully saturated rings. The molecule has 4 nitrogen and oxygen atoms in total. The maximum absolute atomic E-state index is 12.7. The van der Waals surface area contributed by atoms with Crippen molar-refractivity contribution in [1.82, 2.24) is 0 Å². The van der Waals surface area contributed by atoms with E-state index in [4.69, 9.17) is 0 Å². The van der Waals surface area contributed by atoms with Gasteiger partial charge in [0.1, 0.15) is 20.0 Å². The van der Waals surface area contributed by atoms with Crippen molar-refractivity contribution in [3.63, 3.8) is 0 Å². The summed E-state index contributed by atoms with van der Waals surface area (Å²) in [7, 11) is 3.01. The number of hydrogen-bond acceptors (Lipinski definition) is 4. The molecule has 0 unspecified atom stereocenters. The van der Waals surface area contributed by atoms with Crippen LogP contribution in [0.5, 0.6) is 0 Å². The van der Waals surface area contributed by atoms with Crippen LogP contribution in [0.2, 0.25) is 0 Å². The molecule has 140 valence electrons. The Morgan fingerprint density at radius 1 is 1.00 bits per heavy atom. The fraction of sp³-hybridized carbons (Fsp3) is 0.222. The van der Waals surface area contributed by atoms with Gasteiger partial charge in [-0.05, 0) is 74.7 Å². The topological polar surface area (TPSA) is 43.2 Å². The van der Waals surface area contributed by atoms with Crippen molar-refractivity contribution in [3.8, 4) is 0 Å². The van der Waals surface area contributed by atoms with Crippen molar-refractivity contribution in [1.29, 1.82) is 0 Å². The zero-order valence-electron chi connectivity index (χ0n) is 14.5. The van der Waals surface area contributed by atoms with Crippen molar-refractivity contribution < 1.29 is 14.1 Å². The lowest BCUT2D eigenvalue weighted by atomic mass is 10.1. The van der Waals surface area contributed by atoms with Gasteiger partial charge in [0.2, 0.25) is 0 Å². The summed E-state index contributed by atoms with van der Waals surface area (Å²) in [4.78, 5) is 9.18. The SMILES string of the molecule is CON=C(C)c1ccc(F)cc1Br.CON=CCc1ccc(Br)c(Br)c1. The van der Waals surface area contributed by atoms with Crippen LogP contribution in [0.25, 0.3) is 0 Å². The summed E-state index contributed by atoms with van der Waals surface area (Å²) in [5.74, 6) is -0.277. The third kappa shape index (κ3) is 7.97.